The number of rotatable bonds is 6. The molecule has 0 amide bonds. The topological polar surface area (TPSA) is 38.5 Å². The van der Waals surface area contributed by atoms with Crippen LogP contribution in [-0.4, -0.2) is 44.3 Å². The Bertz CT molecular complexity index is 124. The average molecular weight is 186 g/mol. The Kier molecular flexibility index (Phi) is 5.35. The molecule has 0 bridgehead atoms. The van der Waals surface area contributed by atoms with E-state index in [4.69, 9.17) is 10.5 Å². The fourth-order valence-electron chi connectivity index (χ4n) is 1.79. The van der Waals surface area contributed by atoms with Gasteiger partial charge in [-0.25, -0.2) is 0 Å². The summed E-state index contributed by atoms with van der Waals surface area (Å²) in [4.78, 5) is 2.48. The van der Waals surface area contributed by atoms with Gasteiger partial charge in [-0.3, -0.25) is 0 Å². The molecule has 1 rings (SSSR count). The Morgan fingerprint density at radius 2 is 2.38 bits per heavy atom. The van der Waals surface area contributed by atoms with Gasteiger partial charge in [0, 0.05) is 13.2 Å². The molecular formula is C10H22N2O. The Morgan fingerprint density at radius 3 is 2.92 bits per heavy atom. The molecular weight excluding hydrogens is 164 g/mol. The minimum Gasteiger partial charge on any atom is -0.381 e. The van der Waals surface area contributed by atoms with Gasteiger partial charge in [0.15, 0.2) is 0 Å². The lowest BCUT2D eigenvalue weighted by Gasteiger charge is -2.22. The van der Waals surface area contributed by atoms with Crippen LogP contribution in [0.15, 0.2) is 0 Å². The van der Waals surface area contributed by atoms with Crippen molar-refractivity contribution in [3.05, 3.63) is 0 Å². The van der Waals surface area contributed by atoms with Crippen LogP contribution in [0.4, 0.5) is 0 Å². The minimum atomic E-state index is 0.762. The molecule has 2 N–H and O–H groups in total. The van der Waals surface area contributed by atoms with Crippen molar-refractivity contribution in [3.63, 3.8) is 0 Å². The van der Waals surface area contributed by atoms with Gasteiger partial charge in [0.1, 0.15) is 0 Å². The van der Waals surface area contributed by atoms with Crippen molar-refractivity contribution >= 4 is 0 Å². The highest BCUT2D eigenvalue weighted by molar-refractivity contribution is 4.69. The standard InChI is InChI=1S/C10H22N2O/c1-2-12(6-3-5-11)8-10-4-7-13-9-10/h10H,2-9,11H2,1H3. The molecule has 78 valence electrons. The second-order valence-electron chi connectivity index (χ2n) is 3.77. The first kappa shape index (κ1) is 11.0. The van der Waals surface area contributed by atoms with Gasteiger partial charge >= 0.3 is 0 Å². The van der Waals surface area contributed by atoms with E-state index in [0.29, 0.717) is 0 Å². The summed E-state index contributed by atoms with van der Waals surface area (Å²) in [5.41, 5.74) is 5.49. The fourth-order valence-corrected chi connectivity index (χ4v) is 1.79. The minimum absolute atomic E-state index is 0.762. The summed E-state index contributed by atoms with van der Waals surface area (Å²) in [6.07, 6.45) is 2.35. The van der Waals surface area contributed by atoms with Crippen LogP contribution in [0.5, 0.6) is 0 Å². The molecule has 1 heterocycles. The lowest BCUT2D eigenvalue weighted by molar-refractivity contribution is 0.168. The SMILES string of the molecule is CCN(CCCN)CC1CCOC1. The van der Waals surface area contributed by atoms with Crippen LogP contribution in [0, 0.1) is 5.92 Å². The largest absolute Gasteiger partial charge is 0.381 e. The molecule has 0 aromatic carbocycles. The van der Waals surface area contributed by atoms with Crippen molar-refractivity contribution < 1.29 is 4.74 Å². The lowest BCUT2D eigenvalue weighted by Crippen LogP contribution is -2.31. The Hall–Kier alpha value is -0.120. The van der Waals surface area contributed by atoms with Gasteiger partial charge in [-0.1, -0.05) is 6.92 Å². The van der Waals surface area contributed by atoms with E-state index in [9.17, 15) is 0 Å². The van der Waals surface area contributed by atoms with Gasteiger partial charge in [0.2, 0.25) is 0 Å². The van der Waals surface area contributed by atoms with Crippen molar-refractivity contribution in [1.29, 1.82) is 0 Å². The quantitative estimate of drug-likeness (QED) is 0.663. The van der Waals surface area contributed by atoms with Crippen LogP contribution in [0.1, 0.15) is 19.8 Å². The van der Waals surface area contributed by atoms with E-state index < -0.39 is 0 Å². The molecule has 0 aromatic rings. The fraction of sp³-hybridized carbons (Fsp3) is 1.00. The predicted octanol–water partition coefficient (Wildman–Crippen LogP) is 0.694. The lowest BCUT2D eigenvalue weighted by atomic mass is 10.1. The van der Waals surface area contributed by atoms with Crippen LogP contribution in [0.3, 0.4) is 0 Å². The van der Waals surface area contributed by atoms with Crippen LogP contribution in [0.25, 0.3) is 0 Å². The molecule has 1 unspecified atom stereocenters. The summed E-state index contributed by atoms with van der Waals surface area (Å²) in [7, 11) is 0. The number of hydrogen-bond donors (Lipinski definition) is 1. The summed E-state index contributed by atoms with van der Waals surface area (Å²) < 4.78 is 5.36. The molecule has 1 aliphatic rings. The zero-order valence-electron chi connectivity index (χ0n) is 8.67. The molecule has 3 nitrogen and oxygen atoms in total. The van der Waals surface area contributed by atoms with Crippen LogP contribution in [-0.2, 0) is 4.74 Å². The number of nitrogens with zero attached hydrogens (tertiary/aromatic N) is 1. The predicted molar refractivity (Wildman–Crippen MR) is 54.7 cm³/mol. The maximum absolute atomic E-state index is 5.49. The van der Waals surface area contributed by atoms with Gasteiger partial charge in [-0.15, -0.1) is 0 Å². The summed E-state index contributed by atoms with van der Waals surface area (Å²) in [5, 5.41) is 0. The van der Waals surface area contributed by atoms with Crippen molar-refractivity contribution in [2.75, 3.05) is 39.4 Å². The van der Waals surface area contributed by atoms with E-state index in [0.717, 1.165) is 45.2 Å². The van der Waals surface area contributed by atoms with Crippen molar-refractivity contribution in [2.24, 2.45) is 11.7 Å². The van der Waals surface area contributed by atoms with Gasteiger partial charge < -0.3 is 15.4 Å². The molecule has 0 radical (unpaired) electrons. The van der Waals surface area contributed by atoms with Crippen LogP contribution < -0.4 is 5.73 Å². The van der Waals surface area contributed by atoms with E-state index in [1.807, 2.05) is 0 Å². The van der Waals surface area contributed by atoms with Crippen molar-refractivity contribution in [1.82, 2.24) is 4.90 Å². The molecule has 0 aromatic heterocycles. The summed E-state index contributed by atoms with van der Waals surface area (Å²) in [5.74, 6) is 0.762. The first-order valence-corrected chi connectivity index (χ1v) is 5.37. The zero-order valence-corrected chi connectivity index (χ0v) is 8.67. The van der Waals surface area contributed by atoms with E-state index in [1.165, 1.54) is 13.0 Å². The molecule has 1 fully saturated rings. The van der Waals surface area contributed by atoms with Gasteiger partial charge in [0.05, 0.1) is 6.61 Å². The highest BCUT2D eigenvalue weighted by atomic mass is 16.5. The number of nitrogens with two attached hydrogens (primary N) is 1. The highest BCUT2D eigenvalue weighted by Gasteiger charge is 2.17. The smallest absolute Gasteiger partial charge is 0.0507 e. The molecule has 3 heteroatoms. The zero-order chi connectivity index (χ0) is 9.52. The summed E-state index contributed by atoms with van der Waals surface area (Å²) in [6, 6.07) is 0. The Balaban J connectivity index is 2.13. The molecule has 0 spiro atoms. The molecule has 1 aliphatic heterocycles. The maximum atomic E-state index is 5.49. The van der Waals surface area contributed by atoms with E-state index in [2.05, 4.69) is 11.8 Å². The molecule has 0 aliphatic carbocycles. The van der Waals surface area contributed by atoms with Gasteiger partial charge in [-0.2, -0.15) is 0 Å². The monoisotopic (exact) mass is 186 g/mol. The second kappa shape index (κ2) is 6.35. The third-order valence-electron chi connectivity index (χ3n) is 2.67. The van der Waals surface area contributed by atoms with E-state index in [1.54, 1.807) is 0 Å². The summed E-state index contributed by atoms with van der Waals surface area (Å²) >= 11 is 0. The van der Waals surface area contributed by atoms with Crippen LogP contribution >= 0.6 is 0 Å². The van der Waals surface area contributed by atoms with Crippen molar-refractivity contribution in [2.45, 2.75) is 19.8 Å². The average Bonchev–Trinajstić information content (AvgIpc) is 2.64. The second-order valence-corrected chi connectivity index (χ2v) is 3.77. The first-order chi connectivity index (χ1) is 6.36. The van der Waals surface area contributed by atoms with Gasteiger partial charge in [0.25, 0.3) is 0 Å². The summed E-state index contributed by atoms with van der Waals surface area (Å²) in [6.45, 7) is 8.40. The molecule has 1 saturated heterocycles. The Morgan fingerprint density at radius 1 is 1.54 bits per heavy atom. The number of ether oxygens (including phenoxy) is 1. The highest BCUT2D eigenvalue weighted by Crippen LogP contribution is 2.13. The van der Waals surface area contributed by atoms with Crippen LogP contribution in [0.2, 0.25) is 0 Å². The molecule has 0 saturated carbocycles. The first-order valence-electron chi connectivity index (χ1n) is 5.37. The third-order valence-corrected chi connectivity index (χ3v) is 2.67. The Labute approximate surface area is 81.2 Å². The van der Waals surface area contributed by atoms with Crippen molar-refractivity contribution in [3.8, 4) is 0 Å². The molecule has 1 atom stereocenters. The number of hydrogen-bond acceptors (Lipinski definition) is 3. The third kappa shape index (κ3) is 4.07. The maximum Gasteiger partial charge on any atom is 0.0507 e. The van der Waals surface area contributed by atoms with E-state index >= 15 is 0 Å². The molecule has 13 heavy (non-hydrogen) atoms. The van der Waals surface area contributed by atoms with Gasteiger partial charge in [-0.05, 0) is 38.4 Å². The van der Waals surface area contributed by atoms with E-state index in [-0.39, 0.29) is 0 Å². The normalized spacial score (nSPS) is 22.8.